The van der Waals surface area contributed by atoms with E-state index < -0.39 is 5.82 Å². The van der Waals surface area contributed by atoms with Gasteiger partial charge in [-0.25, -0.2) is 8.78 Å². The smallest absolute Gasteiger partial charge is 0.256 e. The summed E-state index contributed by atoms with van der Waals surface area (Å²) in [6, 6.07) is 16.8. The van der Waals surface area contributed by atoms with Crippen molar-refractivity contribution in [1.82, 2.24) is 0 Å². The molecule has 0 unspecified atom stereocenters. The van der Waals surface area contributed by atoms with Crippen molar-refractivity contribution in [1.29, 1.82) is 0 Å². The van der Waals surface area contributed by atoms with E-state index in [1.165, 1.54) is 30.3 Å². The highest BCUT2D eigenvalue weighted by atomic mass is 79.9. The average Bonchev–Trinajstić information content (AvgIpc) is 2.60. The number of halogens is 3. The molecule has 0 atom stereocenters. The Kier molecular flexibility index (Phi) is 5.63. The van der Waals surface area contributed by atoms with E-state index in [9.17, 15) is 13.6 Å². The zero-order valence-electron chi connectivity index (χ0n) is 13.5. The van der Waals surface area contributed by atoms with Crippen LogP contribution in [0, 0.1) is 11.6 Å². The molecule has 3 rings (SSSR count). The first-order chi connectivity index (χ1) is 12.5. The fourth-order valence-electron chi connectivity index (χ4n) is 2.33. The molecular weight excluding hydrogens is 404 g/mol. The zero-order valence-corrected chi connectivity index (χ0v) is 15.1. The van der Waals surface area contributed by atoms with E-state index in [0.29, 0.717) is 27.0 Å². The predicted octanol–water partition coefficient (Wildman–Crippen LogP) is 5.56. The molecule has 3 aromatic rings. The Morgan fingerprint density at radius 3 is 2.50 bits per heavy atom. The van der Waals surface area contributed by atoms with Crippen LogP contribution in [0.15, 0.2) is 71.2 Å². The molecule has 3 aromatic carbocycles. The van der Waals surface area contributed by atoms with Crippen molar-refractivity contribution in [2.24, 2.45) is 0 Å². The van der Waals surface area contributed by atoms with Crippen LogP contribution in [-0.4, -0.2) is 5.91 Å². The van der Waals surface area contributed by atoms with Gasteiger partial charge in [0.2, 0.25) is 0 Å². The van der Waals surface area contributed by atoms with Crippen LogP contribution < -0.4 is 10.1 Å². The molecule has 0 bridgehead atoms. The second kappa shape index (κ2) is 8.10. The third kappa shape index (κ3) is 4.67. The van der Waals surface area contributed by atoms with Gasteiger partial charge in [-0.1, -0.05) is 18.2 Å². The van der Waals surface area contributed by atoms with Crippen LogP contribution in [0.25, 0.3) is 0 Å². The SMILES string of the molecule is O=C(Nc1cccc(OCc2cccc(F)c2)c1)c1ccc(F)cc1Br. The molecule has 1 N–H and O–H groups in total. The lowest BCUT2D eigenvalue weighted by Gasteiger charge is -2.10. The Morgan fingerprint density at radius 2 is 1.73 bits per heavy atom. The number of ether oxygens (including phenoxy) is 1. The summed E-state index contributed by atoms with van der Waals surface area (Å²) in [7, 11) is 0. The van der Waals surface area contributed by atoms with Crippen LogP contribution in [0.5, 0.6) is 5.75 Å². The van der Waals surface area contributed by atoms with Gasteiger partial charge in [0.15, 0.2) is 0 Å². The van der Waals surface area contributed by atoms with Gasteiger partial charge in [-0.05, 0) is 64.0 Å². The molecular formula is C20H14BrF2NO2. The van der Waals surface area contributed by atoms with E-state index in [4.69, 9.17) is 4.74 Å². The van der Waals surface area contributed by atoms with Crippen molar-refractivity contribution in [3.63, 3.8) is 0 Å². The van der Waals surface area contributed by atoms with E-state index in [0.717, 1.165) is 0 Å². The number of nitrogens with one attached hydrogen (secondary N) is 1. The average molecular weight is 418 g/mol. The number of anilines is 1. The minimum absolute atomic E-state index is 0.207. The lowest BCUT2D eigenvalue weighted by Crippen LogP contribution is -2.12. The number of hydrogen-bond acceptors (Lipinski definition) is 2. The number of hydrogen-bond donors (Lipinski definition) is 1. The highest BCUT2D eigenvalue weighted by Gasteiger charge is 2.11. The molecule has 0 saturated carbocycles. The molecule has 0 radical (unpaired) electrons. The third-order valence-electron chi connectivity index (χ3n) is 3.56. The molecule has 3 nitrogen and oxygen atoms in total. The number of amides is 1. The van der Waals surface area contributed by atoms with Crippen molar-refractivity contribution in [3.8, 4) is 5.75 Å². The molecule has 0 aliphatic carbocycles. The van der Waals surface area contributed by atoms with Crippen LogP contribution >= 0.6 is 15.9 Å². The molecule has 0 spiro atoms. The molecule has 1 amide bonds. The highest BCUT2D eigenvalue weighted by Crippen LogP contribution is 2.22. The zero-order chi connectivity index (χ0) is 18.5. The summed E-state index contributed by atoms with van der Waals surface area (Å²) in [4.78, 5) is 12.3. The molecule has 0 aliphatic rings. The standard InChI is InChI=1S/C20H14BrF2NO2/c21-19-10-15(23)7-8-18(19)20(25)24-16-5-2-6-17(11-16)26-12-13-3-1-4-14(22)9-13/h1-11H,12H2,(H,24,25). The molecule has 0 aromatic heterocycles. The molecule has 132 valence electrons. The van der Waals surface area contributed by atoms with Crippen LogP contribution in [0.2, 0.25) is 0 Å². The van der Waals surface area contributed by atoms with Gasteiger partial charge in [-0.15, -0.1) is 0 Å². The lowest BCUT2D eigenvalue weighted by molar-refractivity contribution is 0.102. The first-order valence-electron chi connectivity index (χ1n) is 7.75. The van der Waals surface area contributed by atoms with E-state index in [1.807, 2.05) is 0 Å². The summed E-state index contributed by atoms with van der Waals surface area (Å²) in [5, 5.41) is 2.73. The molecule has 0 aliphatic heterocycles. The van der Waals surface area contributed by atoms with Gasteiger partial charge >= 0.3 is 0 Å². The van der Waals surface area contributed by atoms with Gasteiger partial charge in [0.05, 0.1) is 5.56 Å². The Hall–Kier alpha value is -2.73. The van der Waals surface area contributed by atoms with Gasteiger partial charge in [0.25, 0.3) is 5.91 Å². The Morgan fingerprint density at radius 1 is 0.962 bits per heavy atom. The van der Waals surface area contributed by atoms with Crippen molar-refractivity contribution >= 4 is 27.5 Å². The van der Waals surface area contributed by atoms with Crippen molar-refractivity contribution < 1.29 is 18.3 Å². The Balaban J connectivity index is 1.68. The summed E-state index contributed by atoms with van der Waals surface area (Å²) in [6.45, 7) is 0.207. The monoisotopic (exact) mass is 417 g/mol. The summed E-state index contributed by atoms with van der Waals surface area (Å²) in [5.41, 5.74) is 1.55. The normalized spacial score (nSPS) is 10.4. The molecule has 6 heteroatoms. The number of carbonyl (C=O) groups excluding carboxylic acids is 1. The van der Waals surface area contributed by atoms with Gasteiger partial charge in [0, 0.05) is 16.2 Å². The Bertz CT molecular complexity index is 947. The molecule has 26 heavy (non-hydrogen) atoms. The van der Waals surface area contributed by atoms with E-state index >= 15 is 0 Å². The van der Waals surface area contributed by atoms with E-state index in [1.54, 1.807) is 36.4 Å². The fourth-order valence-corrected chi connectivity index (χ4v) is 2.86. The fraction of sp³-hybridized carbons (Fsp3) is 0.0500. The van der Waals surface area contributed by atoms with Gasteiger partial charge in [-0.2, -0.15) is 0 Å². The second-order valence-electron chi connectivity index (χ2n) is 5.52. The quantitative estimate of drug-likeness (QED) is 0.590. The summed E-state index contributed by atoms with van der Waals surface area (Å²) in [6.07, 6.45) is 0. The van der Waals surface area contributed by atoms with Crippen molar-refractivity contribution in [2.75, 3.05) is 5.32 Å². The van der Waals surface area contributed by atoms with Crippen molar-refractivity contribution in [2.45, 2.75) is 6.61 Å². The maximum absolute atomic E-state index is 13.2. The summed E-state index contributed by atoms with van der Waals surface area (Å²) >= 11 is 3.18. The van der Waals surface area contributed by atoms with Gasteiger partial charge < -0.3 is 10.1 Å². The lowest BCUT2D eigenvalue weighted by atomic mass is 10.2. The minimum atomic E-state index is -0.429. The van der Waals surface area contributed by atoms with E-state index in [2.05, 4.69) is 21.2 Å². The summed E-state index contributed by atoms with van der Waals surface area (Å²) < 4.78 is 32.3. The first kappa shape index (κ1) is 18.1. The molecule has 0 fully saturated rings. The van der Waals surface area contributed by atoms with Crippen molar-refractivity contribution in [3.05, 3.63) is 94.0 Å². The topological polar surface area (TPSA) is 38.3 Å². The molecule has 0 heterocycles. The number of benzene rings is 3. The number of carbonyl (C=O) groups is 1. The maximum atomic E-state index is 13.2. The third-order valence-corrected chi connectivity index (χ3v) is 4.22. The van der Waals surface area contributed by atoms with Gasteiger partial charge in [-0.3, -0.25) is 4.79 Å². The highest BCUT2D eigenvalue weighted by molar-refractivity contribution is 9.10. The van der Waals surface area contributed by atoms with E-state index in [-0.39, 0.29) is 18.3 Å². The van der Waals surface area contributed by atoms with Crippen LogP contribution in [0.3, 0.4) is 0 Å². The number of rotatable bonds is 5. The van der Waals surface area contributed by atoms with Crippen LogP contribution in [0.4, 0.5) is 14.5 Å². The second-order valence-corrected chi connectivity index (χ2v) is 6.38. The van der Waals surface area contributed by atoms with Gasteiger partial charge in [0.1, 0.15) is 24.0 Å². The predicted molar refractivity (Wildman–Crippen MR) is 99.2 cm³/mol. The summed E-state index contributed by atoms with van der Waals surface area (Å²) in [5.74, 6) is -0.595. The maximum Gasteiger partial charge on any atom is 0.256 e. The Labute approximate surface area is 157 Å². The minimum Gasteiger partial charge on any atom is -0.489 e. The van der Waals surface area contributed by atoms with Crippen LogP contribution in [-0.2, 0) is 6.61 Å². The first-order valence-corrected chi connectivity index (χ1v) is 8.54. The largest absolute Gasteiger partial charge is 0.489 e. The van der Waals surface area contributed by atoms with Crippen LogP contribution in [0.1, 0.15) is 15.9 Å². The molecule has 0 saturated heterocycles.